The number of ketones is 1. The van der Waals surface area contributed by atoms with E-state index in [0.717, 1.165) is 11.3 Å². The van der Waals surface area contributed by atoms with Crippen LogP contribution in [-0.4, -0.2) is 12.9 Å². The van der Waals surface area contributed by atoms with Crippen molar-refractivity contribution in [2.45, 2.75) is 39.2 Å². The second kappa shape index (κ2) is 10.7. The van der Waals surface area contributed by atoms with Gasteiger partial charge in [0.15, 0.2) is 5.78 Å². The first-order chi connectivity index (χ1) is 19.1. The molecule has 0 radical (unpaired) electrons. The summed E-state index contributed by atoms with van der Waals surface area (Å²) < 4.78 is 24.8. The maximum atomic E-state index is 13.8. The predicted octanol–water partition coefficient (Wildman–Crippen LogP) is 7.01. The quantitative estimate of drug-likeness (QED) is 0.351. The van der Waals surface area contributed by atoms with Gasteiger partial charge in [0, 0.05) is 23.3 Å². The van der Waals surface area contributed by atoms with Gasteiger partial charge < -0.3 is 15.2 Å². The van der Waals surface area contributed by atoms with E-state index in [1.807, 2.05) is 44.2 Å². The number of nitrogens with zero attached hydrogens (tertiary/aromatic N) is 2. The lowest BCUT2D eigenvalue weighted by Gasteiger charge is -2.44. The zero-order chi connectivity index (χ0) is 28.6. The fourth-order valence-electron chi connectivity index (χ4n) is 5.53. The minimum absolute atomic E-state index is 0.0338. The molecule has 2 N–H and O–H groups in total. The molecule has 1 heterocycles. The van der Waals surface area contributed by atoms with Crippen molar-refractivity contribution < 1.29 is 18.7 Å². The Morgan fingerprint density at radius 3 is 2.52 bits per heavy atom. The average Bonchev–Trinajstić information content (AvgIpc) is 2.92. The molecule has 204 valence electrons. The highest BCUT2D eigenvalue weighted by atomic mass is 35.5. The average molecular weight is 558 g/mol. The molecule has 1 atom stereocenters. The highest BCUT2D eigenvalue weighted by molar-refractivity contribution is 6.33. The third-order valence-electron chi connectivity index (χ3n) is 7.32. The van der Waals surface area contributed by atoms with Gasteiger partial charge in [-0.1, -0.05) is 43.6 Å². The first kappa shape index (κ1) is 27.3. The lowest BCUT2D eigenvalue weighted by atomic mass is 9.68. The summed E-state index contributed by atoms with van der Waals surface area (Å²) in [5.41, 5.74) is 10.0. The number of para-hydroxylation sites is 1. The minimum atomic E-state index is -0.669. The summed E-state index contributed by atoms with van der Waals surface area (Å²) in [6, 6.07) is 20.8. The van der Waals surface area contributed by atoms with E-state index in [2.05, 4.69) is 6.07 Å². The number of nitriles is 1. The molecule has 0 saturated carbocycles. The fraction of sp³-hybridized carbons (Fsp3) is 0.250. The second-order valence-corrected chi connectivity index (χ2v) is 11.2. The first-order valence-corrected chi connectivity index (χ1v) is 13.3. The van der Waals surface area contributed by atoms with E-state index in [9.17, 15) is 14.4 Å². The summed E-state index contributed by atoms with van der Waals surface area (Å²) in [7, 11) is 1.56. The van der Waals surface area contributed by atoms with Crippen molar-refractivity contribution in [1.82, 2.24) is 0 Å². The summed E-state index contributed by atoms with van der Waals surface area (Å²) in [4.78, 5) is 15.6. The number of anilines is 1. The molecule has 6 nitrogen and oxygen atoms in total. The van der Waals surface area contributed by atoms with Crippen LogP contribution in [0.2, 0.25) is 5.02 Å². The smallest absolute Gasteiger partial charge is 0.162 e. The molecule has 0 amide bonds. The highest BCUT2D eigenvalue weighted by Crippen LogP contribution is 2.51. The van der Waals surface area contributed by atoms with Crippen LogP contribution in [0.4, 0.5) is 10.1 Å². The van der Waals surface area contributed by atoms with Crippen LogP contribution in [0.25, 0.3) is 0 Å². The van der Waals surface area contributed by atoms with E-state index in [1.54, 1.807) is 36.3 Å². The topological polar surface area (TPSA) is 88.6 Å². The third-order valence-corrected chi connectivity index (χ3v) is 7.64. The molecule has 0 fully saturated rings. The van der Waals surface area contributed by atoms with Gasteiger partial charge in [0.1, 0.15) is 29.7 Å². The highest BCUT2D eigenvalue weighted by Gasteiger charge is 2.45. The molecule has 1 aliphatic heterocycles. The van der Waals surface area contributed by atoms with E-state index in [-0.39, 0.29) is 35.0 Å². The minimum Gasteiger partial charge on any atom is -0.496 e. The van der Waals surface area contributed by atoms with Crippen molar-refractivity contribution in [2.24, 2.45) is 11.1 Å². The van der Waals surface area contributed by atoms with Gasteiger partial charge in [-0.2, -0.15) is 5.26 Å². The molecular weight excluding hydrogens is 529 g/mol. The molecule has 0 saturated heterocycles. The van der Waals surface area contributed by atoms with E-state index >= 15 is 0 Å². The number of halogens is 2. The van der Waals surface area contributed by atoms with Crippen LogP contribution in [-0.2, 0) is 11.4 Å². The summed E-state index contributed by atoms with van der Waals surface area (Å²) in [6.45, 7) is 4.23. The second-order valence-electron chi connectivity index (χ2n) is 10.7. The predicted molar refractivity (Wildman–Crippen MR) is 152 cm³/mol. The number of allylic oxidation sites excluding steroid dienone is 3. The van der Waals surface area contributed by atoms with Crippen LogP contribution >= 0.6 is 11.6 Å². The molecule has 1 aliphatic carbocycles. The molecule has 40 heavy (non-hydrogen) atoms. The molecule has 0 aromatic heterocycles. The Hall–Kier alpha value is -4.28. The lowest BCUT2D eigenvalue weighted by molar-refractivity contribution is -0.118. The number of methoxy groups -OCH3 is 1. The van der Waals surface area contributed by atoms with Crippen molar-refractivity contribution in [3.05, 3.63) is 111 Å². The van der Waals surface area contributed by atoms with Gasteiger partial charge >= 0.3 is 0 Å². The molecule has 3 aromatic rings. The van der Waals surface area contributed by atoms with Crippen LogP contribution in [0.1, 0.15) is 43.7 Å². The number of carbonyl (C=O) groups is 1. The third kappa shape index (κ3) is 5.03. The number of nitrogens with two attached hydrogens (primary N) is 1. The van der Waals surface area contributed by atoms with Crippen LogP contribution < -0.4 is 20.1 Å². The Bertz CT molecular complexity index is 1590. The Morgan fingerprint density at radius 2 is 1.85 bits per heavy atom. The Balaban J connectivity index is 1.64. The summed E-state index contributed by atoms with van der Waals surface area (Å²) >= 11 is 6.60. The Morgan fingerprint density at radius 1 is 1.12 bits per heavy atom. The summed E-state index contributed by atoms with van der Waals surface area (Å²) in [5, 5.41) is 10.9. The van der Waals surface area contributed by atoms with Crippen molar-refractivity contribution in [1.29, 1.82) is 5.26 Å². The molecule has 3 aromatic carbocycles. The van der Waals surface area contributed by atoms with E-state index in [0.29, 0.717) is 46.2 Å². The van der Waals surface area contributed by atoms with Gasteiger partial charge in [0.05, 0.1) is 35.4 Å². The standard InChI is InChI=1S/C32H29ClFN3O3/c1-32(2)15-26-30(27(38)16-32)29(23(17-35)31(36)37(26)25-7-5-4-6-24(25)33)19-8-13-28(39-3)20(14-19)18-40-22-11-9-21(34)10-12-22/h4-14,29H,15-16,18,36H2,1-3H3. The van der Waals surface area contributed by atoms with Crippen molar-refractivity contribution >= 4 is 23.1 Å². The normalized spacial score (nSPS) is 18.4. The first-order valence-electron chi connectivity index (χ1n) is 12.9. The van der Waals surface area contributed by atoms with Crippen LogP contribution in [0.3, 0.4) is 0 Å². The van der Waals surface area contributed by atoms with Gasteiger partial charge in [-0.05, 0) is 65.9 Å². The molecule has 0 spiro atoms. The number of hydrogen-bond acceptors (Lipinski definition) is 6. The zero-order valence-corrected chi connectivity index (χ0v) is 23.3. The number of carbonyl (C=O) groups excluding carboxylic acids is 1. The monoisotopic (exact) mass is 557 g/mol. The number of rotatable bonds is 6. The van der Waals surface area contributed by atoms with Crippen LogP contribution in [0.15, 0.2) is 89.4 Å². The summed E-state index contributed by atoms with van der Waals surface area (Å²) in [5.74, 6) is 0.266. The van der Waals surface area contributed by atoms with Crippen molar-refractivity contribution in [3.8, 4) is 17.6 Å². The van der Waals surface area contributed by atoms with Gasteiger partial charge in [0.2, 0.25) is 0 Å². The maximum absolute atomic E-state index is 13.8. The van der Waals surface area contributed by atoms with E-state index in [4.69, 9.17) is 26.8 Å². The SMILES string of the molecule is COc1ccc(C2C(C#N)=C(N)N(c3ccccc3Cl)C3=C2C(=O)CC(C)(C)C3)cc1COc1ccc(F)cc1. The lowest BCUT2D eigenvalue weighted by Crippen LogP contribution is -2.42. The van der Waals surface area contributed by atoms with E-state index in [1.165, 1.54) is 12.1 Å². The summed E-state index contributed by atoms with van der Waals surface area (Å²) in [6.07, 6.45) is 0.917. The largest absolute Gasteiger partial charge is 0.496 e. The molecule has 5 rings (SSSR count). The molecule has 0 bridgehead atoms. The van der Waals surface area contributed by atoms with Gasteiger partial charge in [-0.25, -0.2) is 4.39 Å². The molecule has 8 heteroatoms. The maximum Gasteiger partial charge on any atom is 0.162 e. The fourth-order valence-corrected chi connectivity index (χ4v) is 5.75. The zero-order valence-electron chi connectivity index (χ0n) is 22.5. The number of ether oxygens (including phenoxy) is 2. The van der Waals surface area contributed by atoms with Gasteiger partial charge in [-0.3, -0.25) is 9.69 Å². The van der Waals surface area contributed by atoms with E-state index < -0.39 is 5.92 Å². The van der Waals surface area contributed by atoms with Gasteiger partial charge in [0.25, 0.3) is 0 Å². The number of Topliss-reactive ketones (excluding diaryl/α,β-unsaturated/α-hetero) is 1. The van der Waals surface area contributed by atoms with Crippen molar-refractivity contribution in [2.75, 3.05) is 12.0 Å². The molecule has 1 unspecified atom stereocenters. The van der Waals surface area contributed by atoms with Crippen LogP contribution in [0, 0.1) is 22.6 Å². The van der Waals surface area contributed by atoms with Crippen molar-refractivity contribution in [3.63, 3.8) is 0 Å². The number of benzene rings is 3. The Labute approximate surface area is 238 Å². The van der Waals surface area contributed by atoms with Crippen LogP contribution in [0.5, 0.6) is 11.5 Å². The Kier molecular flexibility index (Phi) is 7.31. The van der Waals surface area contributed by atoms with Gasteiger partial charge in [-0.15, -0.1) is 0 Å². The molecular formula is C32H29ClFN3O3. The molecule has 2 aliphatic rings. The number of hydrogen-bond donors (Lipinski definition) is 1.